The third kappa shape index (κ3) is 2.32. The molecule has 0 amide bonds. The summed E-state index contributed by atoms with van der Waals surface area (Å²) in [5, 5.41) is 10.3. The molecule has 3 rings (SSSR count). The molecular weight excluding hydrogens is 238 g/mol. The highest BCUT2D eigenvalue weighted by Crippen LogP contribution is 2.35. The van der Waals surface area contributed by atoms with Gasteiger partial charge in [0.1, 0.15) is 12.1 Å². The molecule has 106 valence electrons. The van der Waals surface area contributed by atoms with Crippen LogP contribution in [0.2, 0.25) is 0 Å². The first-order valence-electron chi connectivity index (χ1n) is 7.68. The van der Waals surface area contributed by atoms with Crippen molar-refractivity contribution in [2.24, 2.45) is 0 Å². The number of likely N-dealkylation sites (tertiary alicyclic amines) is 1. The summed E-state index contributed by atoms with van der Waals surface area (Å²) in [4.78, 5) is 7.21. The van der Waals surface area contributed by atoms with Crippen LogP contribution in [0.1, 0.15) is 69.7 Å². The number of rotatable bonds is 2. The number of piperidine rings is 1. The summed E-state index contributed by atoms with van der Waals surface area (Å²) in [6.45, 7) is 5.67. The molecule has 1 aromatic heterocycles. The lowest BCUT2D eigenvalue weighted by Crippen LogP contribution is -2.40. The summed E-state index contributed by atoms with van der Waals surface area (Å²) in [6, 6.07) is 0.925. The molecule has 2 atom stereocenters. The molecule has 1 N–H and O–H groups in total. The molecule has 0 bridgehead atoms. The highest BCUT2D eigenvalue weighted by molar-refractivity contribution is 5.13. The number of aliphatic hydroxyl groups is 1. The molecule has 3 heterocycles. The van der Waals surface area contributed by atoms with Crippen LogP contribution in [-0.4, -0.2) is 32.1 Å². The van der Waals surface area contributed by atoms with E-state index in [0.717, 1.165) is 31.6 Å². The molecule has 2 unspecified atom stereocenters. The number of fused-ring (bicyclic) bond motifs is 1. The monoisotopic (exact) mass is 263 g/mol. The highest BCUT2D eigenvalue weighted by atomic mass is 16.3. The molecule has 0 spiro atoms. The van der Waals surface area contributed by atoms with Crippen LogP contribution in [0.3, 0.4) is 0 Å². The van der Waals surface area contributed by atoms with Gasteiger partial charge in [0.15, 0.2) is 0 Å². The standard InChI is InChI=1S/C15H25N3O/c1-11(2)17-9-4-3-7-13(17)15-16-10-12-6-5-8-14(19)18(12)15/h10-11,13-14,19H,3-9H2,1-2H3. The van der Waals surface area contributed by atoms with Crippen LogP contribution >= 0.6 is 0 Å². The Kier molecular flexibility index (Phi) is 3.63. The molecule has 1 aromatic rings. The second kappa shape index (κ2) is 5.25. The maximum Gasteiger partial charge on any atom is 0.132 e. The van der Waals surface area contributed by atoms with Crippen molar-refractivity contribution in [2.75, 3.05) is 6.54 Å². The number of hydrogen-bond acceptors (Lipinski definition) is 3. The van der Waals surface area contributed by atoms with E-state index in [0.29, 0.717) is 12.1 Å². The average Bonchev–Trinajstić information content (AvgIpc) is 2.84. The van der Waals surface area contributed by atoms with Gasteiger partial charge in [-0.2, -0.15) is 0 Å². The summed E-state index contributed by atoms with van der Waals surface area (Å²) in [5.74, 6) is 1.09. The van der Waals surface area contributed by atoms with Crippen molar-refractivity contribution in [3.63, 3.8) is 0 Å². The number of aryl methyl sites for hydroxylation is 1. The van der Waals surface area contributed by atoms with Gasteiger partial charge in [0.05, 0.1) is 6.04 Å². The third-order valence-corrected chi connectivity index (χ3v) is 4.60. The van der Waals surface area contributed by atoms with Crippen LogP contribution in [0.5, 0.6) is 0 Å². The SMILES string of the molecule is CC(C)N1CCCCC1c1ncc2n1C(O)CCC2. The second-order valence-corrected chi connectivity index (χ2v) is 6.19. The smallest absolute Gasteiger partial charge is 0.132 e. The van der Waals surface area contributed by atoms with Crippen LogP contribution in [0.4, 0.5) is 0 Å². The van der Waals surface area contributed by atoms with Gasteiger partial charge in [-0.1, -0.05) is 6.42 Å². The molecule has 0 aromatic carbocycles. The van der Waals surface area contributed by atoms with Crippen LogP contribution in [0, 0.1) is 0 Å². The highest BCUT2D eigenvalue weighted by Gasteiger charge is 2.32. The van der Waals surface area contributed by atoms with Gasteiger partial charge >= 0.3 is 0 Å². The van der Waals surface area contributed by atoms with E-state index < -0.39 is 0 Å². The van der Waals surface area contributed by atoms with E-state index in [4.69, 9.17) is 0 Å². The zero-order valence-electron chi connectivity index (χ0n) is 12.0. The molecule has 1 fully saturated rings. The van der Waals surface area contributed by atoms with Crippen molar-refractivity contribution >= 4 is 0 Å². The minimum Gasteiger partial charge on any atom is -0.373 e. The quantitative estimate of drug-likeness (QED) is 0.892. The predicted molar refractivity (Wildman–Crippen MR) is 74.9 cm³/mol. The van der Waals surface area contributed by atoms with E-state index in [1.54, 1.807) is 0 Å². The molecule has 1 saturated heterocycles. The van der Waals surface area contributed by atoms with Gasteiger partial charge in [-0.15, -0.1) is 0 Å². The molecule has 4 nitrogen and oxygen atoms in total. The number of nitrogens with zero attached hydrogens (tertiary/aromatic N) is 3. The predicted octanol–water partition coefficient (Wildman–Crippen LogP) is 2.65. The van der Waals surface area contributed by atoms with Gasteiger partial charge in [0.2, 0.25) is 0 Å². The van der Waals surface area contributed by atoms with Crippen LogP contribution in [0.15, 0.2) is 6.20 Å². The Labute approximate surface area is 115 Å². The maximum absolute atomic E-state index is 10.3. The minimum absolute atomic E-state index is 0.364. The van der Waals surface area contributed by atoms with Gasteiger partial charge in [0, 0.05) is 17.9 Å². The topological polar surface area (TPSA) is 41.3 Å². The molecule has 2 aliphatic rings. The van der Waals surface area contributed by atoms with Crippen LogP contribution < -0.4 is 0 Å². The van der Waals surface area contributed by atoms with E-state index >= 15 is 0 Å². The Morgan fingerprint density at radius 2 is 2.11 bits per heavy atom. The first-order valence-corrected chi connectivity index (χ1v) is 7.68. The molecule has 4 heteroatoms. The van der Waals surface area contributed by atoms with Gasteiger partial charge < -0.3 is 9.67 Å². The fourth-order valence-corrected chi connectivity index (χ4v) is 3.63. The zero-order valence-corrected chi connectivity index (χ0v) is 12.0. The lowest BCUT2D eigenvalue weighted by molar-refractivity contribution is 0.0557. The summed E-state index contributed by atoms with van der Waals surface area (Å²) in [6.07, 6.45) is 8.33. The Balaban J connectivity index is 1.94. The number of hydrogen-bond donors (Lipinski definition) is 1. The van der Waals surface area contributed by atoms with E-state index in [9.17, 15) is 5.11 Å². The zero-order chi connectivity index (χ0) is 13.4. The average molecular weight is 263 g/mol. The third-order valence-electron chi connectivity index (χ3n) is 4.60. The Hall–Kier alpha value is -0.870. The lowest BCUT2D eigenvalue weighted by Gasteiger charge is -2.39. The van der Waals surface area contributed by atoms with E-state index in [1.807, 2.05) is 6.20 Å². The molecule has 0 aliphatic carbocycles. The van der Waals surface area contributed by atoms with Crippen molar-refractivity contribution in [3.05, 3.63) is 17.7 Å². The normalized spacial score (nSPS) is 28.6. The van der Waals surface area contributed by atoms with Gasteiger partial charge in [-0.05, 0) is 52.5 Å². The first-order chi connectivity index (χ1) is 9.18. The summed E-state index contributed by atoms with van der Waals surface area (Å²) in [5.41, 5.74) is 1.21. The van der Waals surface area contributed by atoms with Crippen molar-refractivity contribution in [1.82, 2.24) is 14.5 Å². The van der Waals surface area contributed by atoms with Gasteiger partial charge in [-0.25, -0.2) is 4.98 Å². The van der Waals surface area contributed by atoms with E-state index in [-0.39, 0.29) is 6.23 Å². The van der Waals surface area contributed by atoms with Crippen LogP contribution in [0.25, 0.3) is 0 Å². The lowest BCUT2D eigenvalue weighted by atomic mass is 9.99. The fourth-order valence-electron chi connectivity index (χ4n) is 3.63. The molecule has 2 aliphatic heterocycles. The first kappa shape index (κ1) is 13.1. The summed E-state index contributed by atoms with van der Waals surface area (Å²) < 4.78 is 2.11. The maximum atomic E-state index is 10.3. The van der Waals surface area contributed by atoms with Crippen molar-refractivity contribution < 1.29 is 5.11 Å². The van der Waals surface area contributed by atoms with E-state index in [1.165, 1.54) is 25.0 Å². The molecule has 0 saturated carbocycles. The number of aromatic nitrogens is 2. The molecule has 19 heavy (non-hydrogen) atoms. The number of imidazole rings is 1. The Morgan fingerprint density at radius 1 is 1.26 bits per heavy atom. The summed E-state index contributed by atoms with van der Waals surface area (Å²) >= 11 is 0. The van der Waals surface area contributed by atoms with E-state index in [2.05, 4.69) is 28.3 Å². The fraction of sp³-hybridized carbons (Fsp3) is 0.800. The van der Waals surface area contributed by atoms with Gasteiger partial charge in [-0.3, -0.25) is 4.90 Å². The summed E-state index contributed by atoms with van der Waals surface area (Å²) in [7, 11) is 0. The molecule has 0 radical (unpaired) electrons. The Morgan fingerprint density at radius 3 is 2.89 bits per heavy atom. The molecular formula is C15H25N3O. The van der Waals surface area contributed by atoms with Crippen molar-refractivity contribution in [3.8, 4) is 0 Å². The largest absolute Gasteiger partial charge is 0.373 e. The van der Waals surface area contributed by atoms with Crippen LogP contribution in [-0.2, 0) is 6.42 Å². The van der Waals surface area contributed by atoms with Gasteiger partial charge in [0.25, 0.3) is 0 Å². The number of aliphatic hydroxyl groups excluding tert-OH is 1. The van der Waals surface area contributed by atoms with Crippen molar-refractivity contribution in [1.29, 1.82) is 0 Å². The Bertz CT molecular complexity index is 441. The van der Waals surface area contributed by atoms with Crippen molar-refractivity contribution in [2.45, 2.75) is 70.7 Å². The minimum atomic E-state index is -0.364. The second-order valence-electron chi connectivity index (χ2n) is 6.19.